The van der Waals surface area contributed by atoms with Crippen molar-refractivity contribution in [3.63, 3.8) is 0 Å². The van der Waals surface area contributed by atoms with Gasteiger partial charge in [0.05, 0.1) is 0 Å². The number of carboxylic acids is 1. The fourth-order valence-electron chi connectivity index (χ4n) is 2.83. The van der Waals surface area contributed by atoms with Gasteiger partial charge in [-0.25, -0.2) is 0 Å². The molecule has 0 rings (SSSR count). The molecule has 0 aromatic carbocycles. The van der Waals surface area contributed by atoms with Crippen molar-refractivity contribution in [1.82, 2.24) is 0 Å². The van der Waals surface area contributed by atoms with E-state index in [1.165, 1.54) is 70.6 Å². The first kappa shape index (κ1) is 21.8. The summed E-state index contributed by atoms with van der Waals surface area (Å²) in [5, 5.41) is 12.1. The van der Waals surface area contributed by atoms with Gasteiger partial charge in [0.1, 0.15) is 6.04 Å². The summed E-state index contributed by atoms with van der Waals surface area (Å²) in [7, 11) is 0. The van der Waals surface area contributed by atoms with E-state index in [1.54, 1.807) is 0 Å². The first-order valence-electron chi connectivity index (χ1n) is 9.49. The summed E-state index contributed by atoms with van der Waals surface area (Å²) < 4.78 is 0. The molecule has 0 radical (unpaired) electrons. The molecule has 0 spiro atoms. The van der Waals surface area contributed by atoms with E-state index in [0.717, 1.165) is 19.3 Å². The van der Waals surface area contributed by atoms with Crippen LogP contribution in [0.4, 0.5) is 0 Å². The second kappa shape index (κ2) is 17.1. The Balaban J connectivity index is 3.24. The molecule has 5 heteroatoms. The predicted molar refractivity (Wildman–Crippen MR) is 95.5 cm³/mol. The average Bonchev–Trinajstić information content (AvgIpc) is 2.54. The highest BCUT2D eigenvalue weighted by atomic mass is 16.4. The maximum Gasteiger partial charge on any atom is 0.312 e. The van der Waals surface area contributed by atoms with E-state index in [0.29, 0.717) is 6.42 Å². The molecular formula is C18H35N3O2. The van der Waals surface area contributed by atoms with Crippen LogP contribution in [0.25, 0.3) is 10.4 Å². The summed E-state index contributed by atoms with van der Waals surface area (Å²) in [6.45, 7) is 2.25. The smallest absolute Gasteiger partial charge is 0.312 e. The van der Waals surface area contributed by atoms with E-state index in [9.17, 15) is 4.79 Å². The number of azide groups is 1. The van der Waals surface area contributed by atoms with Crippen LogP contribution in [-0.2, 0) is 4.79 Å². The third-order valence-electron chi connectivity index (χ3n) is 4.31. The number of nitrogens with zero attached hydrogens (tertiary/aromatic N) is 3. The molecule has 134 valence electrons. The minimum absolute atomic E-state index is 0.456. The molecule has 1 atom stereocenters. The largest absolute Gasteiger partial charge is 0.481 e. The Kier molecular flexibility index (Phi) is 16.2. The maximum atomic E-state index is 10.8. The van der Waals surface area contributed by atoms with Crippen molar-refractivity contribution in [2.45, 2.75) is 109 Å². The first-order chi connectivity index (χ1) is 11.2. The number of unbranched alkanes of at least 4 members (excludes halogenated alkanes) is 13. The van der Waals surface area contributed by atoms with E-state index >= 15 is 0 Å². The van der Waals surface area contributed by atoms with E-state index in [1.807, 2.05) is 0 Å². The quantitative estimate of drug-likeness (QED) is 0.141. The molecule has 0 heterocycles. The Morgan fingerprint density at radius 1 is 0.870 bits per heavy atom. The molecule has 0 bridgehead atoms. The van der Waals surface area contributed by atoms with Crippen LogP contribution < -0.4 is 0 Å². The third kappa shape index (κ3) is 15.4. The summed E-state index contributed by atoms with van der Waals surface area (Å²) in [6.07, 6.45) is 18.3. The number of aliphatic carboxylic acids is 1. The van der Waals surface area contributed by atoms with Crippen molar-refractivity contribution in [1.29, 1.82) is 0 Å². The van der Waals surface area contributed by atoms with Crippen LogP contribution in [0.1, 0.15) is 103 Å². The second-order valence-electron chi connectivity index (χ2n) is 6.44. The maximum absolute atomic E-state index is 10.8. The number of rotatable bonds is 17. The topological polar surface area (TPSA) is 86.1 Å². The highest BCUT2D eigenvalue weighted by Crippen LogP contribution is 2.14. The zero-order chi connectivity index (χ0) is 17.2. The normalized spacial score (nSPS) is 11.9. The average molecular weight is 325 g/mol. The van der Waals surface area contributed by atoms with Gasteiger partial charge >= 0.3 is 5.97 Å². The molecule has 0 aliphatic carbocycles. The summed E-state index contributed by atoms with van der Waals surface area (Å²) in [5.41, 5.74) is 8.30. The van der Waals surface area contributed by atoms with Crippen molar-refractivity contribution in [2.75, 3.05) is 0 Å². The number of carboxylic acid groups (broad SMARTS) is 1. The Morgan fingerprint density at radius 2 is 1.26 bits per heavy atom. The molecule has 0 aromatic heterocycles. The lowest BCUT2D eigenvalue weighted by atomic mass is 10.0. The van der Waals surface area contributed by atoms with Gasteiger partial charge in [0.15, 0.2) is 0 Å². The van der Waals surface area contributed by atoms with Crippen LogP contribution in [0.3, 0.4) is 0 Å². The van der Waals surface area contributed by atoms with Crippen LogP contribution >= 0.6 is 0 Å². The van der Waals surface area contributed by atoms with Crippen LogP contribution in [0.15, 0.2) is 5.11 Å². The second-order valence-corrected chi connectivity index (χ2v) is 6.44. The van der Waals surface area contributed by atoms with Crippen LogP contribution in [0, 0.1) is 0 Å². The molecule has 0 saturated heterocycles. The zero-order valence-electron chi connectivity index (χ0n) is 14.9. The Hall–Kier alpha value is -1.22. The van der Waals surface area contributed by atoms with E-state index in [2.05, 4.69) is 16.9 Å². The van der Waals surface area contributed by atoms with Gasteiger partial charge in [-0.15, -0.1) is 0 Å². The first-order valence-corrected chi connectivity index (χ1v) is 9.49. The predicted octanol–water partition coefficient (Wildman–Crippen LogP) is 6.62. The number of hydrogen-bond donors (Lipinski definition) is 1. The van der Waals surface area contributed by atoms with E-state index in [4.69, 9.17) is 10.6 Å². The molecule has 0 saturated carbocycles. The molecule has 1 N–H and O–H groups in total. The van der Waals surface area contributed by atoms with Crippen molar-refractivity contribution < 1.29 is 9.90 Å². The molecular weight excluding hydrogens is 290 g/mol. The van der Waals surface area contributed by atoms with Crippen molar-refractivity contribution in [2.24, 2.45) is 5.11 Å². The number of carbonyl (C=O) groups is 1. The van der Waals surface area contributed by atoms with Gasteiger partial charge in [-0.3, -0.25) is 4.79 Å². The summed E-state index contributed by atoms with van der Waals surface area (Å²) >= 11 is 0. The van der Waals surface area contributed by atoms with Crippen LogP contribution in [0.2, 0.25) is 0 Å². The molecule has 0 amide bonds. The van der Waals surface area contributed by atoms with Crippen LogP contribution in [0.5, 0.6) is 0 Å². The molecule has 5 nitrogen and oxygen atoms in total. The van der Waals surface area contributed by atoms with Crippen molar-refractivity contribution >= 4 is 5.97 Å². The highest BCUT2D eigenvalue weighted by molar-refractivity contribution is 5.73. The monoisotopic (exact) mass is 325 g/mol. The van der Waals surface area contributed by atoms with Crippen LogP contribution in [-0.4, -0.2) is 17.1 Å². The van der Waals surface area contributed by atoms with Gasteiger partial charge in [-0.1, -0.05) is 102 Å². The molecule has 1 unspecified atom stereocenters. The lowest BCUT2D eigenvalue weighted by molar-refractivity contribution is -0.138. The summed E-state index contributed by atoms with van der Waals surface area (Å²) in [4.78, 5) is 13.4. The molecule has 23 heavy (non-hydrogen) atoms. The Bertz CT molecular complexity index is 326. The SMILES string of the molecule is CCCCCCCCCCCCCCCCC(N=[N+]=[N-])C(=O)O. The van der Waals surface area contributed by atoms with Crippen molar-refractivity contribution in [3.8, 4) is 0 Å². The van der Waals surface area contributed by atoms with Gasteiger partial charge in [-0.05, 0) is 12.0 Å². The van der Waals surface area contributed by atoms with Gasteiger partial charge in [-0.2, -0.15) is 0 Å². The van der Waals surface area contributed by atoms with Crippen molar-refractivity contribution in [3.05, 3.63) is 10.4 Å². The van der Waals surface area contributed by atoms with Gasteiger partial charge < -0.3 is 5.11 Å². The lowest BCUT2D eigenvalue weighted by Gasteiger charge is -2.05. The zero-order valence-corrected chi connectivity index (χ0v) is 14.9. The third-order valence-corrected chi connectivity index (χ3v) is 4.31. The van der Waals surface area contributed by atoms with E-state index in [-0.39, 0.29) is 0 Å². The van der Waals surface area contributed by atoms with Gasteiger partial charge in [0.25, 0.3) is 0 Å². The Morgan fingerprint density at radius 3 is 1.61 bits per heavy atom. The minimum Gasteiger partial charge on any atom is -0.481 e. The fraction of sp³-hybridized carbons (Fsp3) is 0.944. The van der Waals surface area contributed by atoms with Gasteiger partial charge in [0, 0.05) is 4.91 Å². The lowest BCUT2D eigenvalue weighted by Crippen LogP contribution is -2.16. The molecule has 0 aliphatic heterocycles. The fourth-order valence-corrected chi connectivity index (χ4v) is 2.83. The minimum atomic E-state index is -1.02. The molecule has 0 aliphatic rings. The number of hydrogen-bond acceptors (Lipinski definition) is 2. The highest BCUT2D eigenvalue weighted by Gasteiger charge is 2.14. The summed E-state index contributed by atoms with van der Waals surface area (Å²) in [6, 6.07) is -0.891. The molecule has 0 aromatic rings. The van der Waals surface area contributed by atoms with Gasteiger partial charge in [0.2, 0.25) is 0 Å². The Labute approximate surface area is 141 Å². The summed E-state index contributed by atoms with van der Waals surface area (Å²) in [5.74, 6) is -1.02. The molecule has 0 fully saturated rings. The standard InChI is InChI=1S/C18H35N3O2/c1-2-3-4-5-6-7-8-9-10-11-12-13-14-15-16-17(18(22)23)20-21-19/h17H,2-16H2,1H3,(H,22,23). The van der Waals surface area contributed by atoms with E-state index < -0.39 is 12.0 Å².